The second-order valence-corrected chi connectivity index (χ2v) is 14.4. The van der Waals surface area contributed by atoms with E-state index in [0.717, 1.165) is 32.1 Å². The van der Waals surface area contributed by atoms with Crippen LogP contribution >= 0.6 is 0 Å². The van der Waals surface area contributed by atoms with Crippen LogP contribution in [0, 0.1) is 5.92 Å². The monoisotopic (exact) mass is 657 g/mol. The van der Waals surface area contributed by atoms with Crippen molar-refractivity contribution >= 4 is 27.4 Å². The Kier molecular flexibility index (Phi) is 8.55. The number of fused-ring (bicyclic) bond motifs is 3. The topological polar surface area (TPSA) is 4.93 Å². The molecular weight excluding hydrogens is 615 g/mol. The molecule has 3 unspecified atom stereocenters. The van der Waals surface area contributed by atoms with E-state index < -0.39 is 0 Å². The summed E-state index contributed by atoms with van der Waals surface area (Å²) >= 11 is 0. The van der Waals surface area contributed by atoms with Gasteiger partial charge < -0.3 is 4.57 Å². The number of rotatable bonds is 8. The molecule has 0 spiro atoms. The first-order chi connectivity index (χ1) is 25.3. The summed E-state index contributed by atoms with van der Waals surface area (Å²) in [6.07, 6.45) is 24.6. The molecule has 1 heterocycles. The number of aromatic nitrogens is 1. The Morgan fingerprint density at radius 1 is 0.647 bits per heavy atom. The van der Waals surface area contributed by atoms with Gasteiger partial charge in [-0.2, -0.15) is 0 Å². The minimum Gasteiger partial charge on any atom is -0.309 e. The van der Waals surface area contributed by atoms with Gasteiger partial charge in [-0.25, -0.2) is 0 Å². The fraction of sp³-hybridized carbons (Fsp3) is 0.160. The second-order valence-electron chi connectivity index (χ2n) is 14.4. The van der Waals surface area contributed by atoms with Crippen molar-refractivity contribution < 1.29 is 0 Å². The van der Waals surface area contributed by atoms with E-state index in [1.807, 2.05) is 0 Å². The molecule has 0 bridgehead atoms. The largest absolute Gasteiger partial charge is 0.309 e. The zero-order valence-electron chi connectivity index (χ0n) is 29.0. The third kappa shape index (κ3) is 6.30. The van der Waals surface area contributed by atoms with Gasteiger partial charge in [-0.1, -0.05) is 169 Å². The van der Waals surface area contributed by atoms with Crippen molar-refractivity contribution in [3.8, 4) is 5.69 Å². The van der Waals surface area contributed by atoms with Crippen LogP contribution in [0.1, 0.15) is 60.6 Å². The minimum absolute atomic E-state index is 0.356. The van der Waals surface area contributed by atoms with Crippen LogP contribution in [0.3, 0.4) is 0 Å². The Morgan fingerprint density at radius 3 is 2.20 bits per heavy atom. The molecule has 3 aliphatic carbocycles. The van der Waals surface area contributed by atoms with Crippen LogP contribution in [0.5, 0.6) is 0 Å². The molecule has 51 heavy (non-hydrogen) atoms. The molecule has 5 aromatic carbocycles. The van der Waals surface area contributed by atoms with Crippen molar-refractivity contribution in [2.24, 2.45) is 5.92 Å². The predicted octanol–water partition coefficient (Wildman–Crippen LogP) is 13.2. The van der Waals surface area contributed by atoms with Crippen molar-refractivity contribution in [2.75, 3.05) is 0 Å². The first kappa shape index (κ1) is 31.3. The highest BCUT2D eigenvalue weighted by atomic mass is 15.0. The van der Waals surface area contributed by atoms with E-state index in [1.54, 1.807) is 11.1 Å². The molecule has 248 valence electrons. The molecule has 3 atom stereocenters. The SMILES string of the molecule is C1=CC(C2=CC(c3ccc4c5ccccc5n(-c5ccccc5)c4c3)CC=C2)CC(CC(C2=CC=C(c3ccccc3)CC2)c2ccccc2)=C1. The molecule has 0 saturated heterocycles. The molecule has 0 fully saturated rings. The smallest absolute Gasteiger partial charge is 0.0544 e. The molecule has 0 aliphatic heterocycles. The number of hydrogen-bond donors (Lipinski definition) is 0. The summed E-state index contributed by atoms with van der Waals surface area (Å²) < 4.78 is 2.43. The lowest BCUT2D eigenvalue weighted by atomic mass is 9.76. The third-order valence-electron chi connectivity index (χ3n) is 11.3. The van der Waals surface area contributed by atoms with Gasteiger partial charge in [0.1, 0.15) is 0 Å². The summed E-state index contributed by atoms with van der Waals surface area (Å²) in [6, 6.07) is 48.8. The summed E-state index contributed by atoms with van der Waals surface area (Å²) in [5.74, 6) is 1.14. The molecule has 3 aliphatic rings. The Bertz CT molecular complexity index is 2380. The van der Waals surface area contributed by atoms with Gasteiger partial charge in [-0.3, -0.25) is 0 Å². The lowest BCUT2D eigenvalue weighted by molar-refractivity contribution is 0.655. The average molecular weight is 658 g/mol. The Balaban J connectivity index is 0.981. The van der Waals surface area contributed by atoms with E-state index in [9.17, 15) is 0 Å². The zero-order chi connectivity index (χ0) is 34.0. The molecule has 1 heteroatoms. The van der Waals surface area contributed by atoms with Crippen LogP contribution in [0.25, 0.3) is 33.1 Å². The molecule has 0 amide bonds. The van der Waals surface area contributed by atoms with Gasteiger partial charge in [0.2, 0.25) is 0 Å². The summed E-state index contributed by atoms with van der Waals surface area (Å²) in [6.45, 7) is 0. The second kappa shape index (κ2) is 13.9. The van der Waals surface area contributed by atoms with Gasteiger partial charge in [-0.05, 0) is 84.2 Å². The number of nitrogens with zero attached hydrogens (tertiary/aromatic N) is 1. The number of benzene rings is 5. The maximum absolute atomic E-state index is 2.56. The summed E-state index contributed by atoms with van der Waals surface area (Å²) in [5, 5.41) is 2.62. The van der Waals surface area contributed by atoms with Crippen LogP contribution in [0.2, 0.25) is 0 Å². The fourth-order valence-corrected chi connectivity index (χ4v) is 8.63. The minimum atomic E-state index is 0.356. The van der Waals surface area contributed by atoms with E-state index in [2.05, 4.69) is 187 Å². The lowest BCUT2D eigenvalue weighted by Gasteiger charge is -2.28. The average Bonchev–Trinajstić information content (AvgIpc) is 3.55. The van der Waals surface area contributed by atoms with Gasteiger partial charge in [0.15, 0.2) is 0 Å². The summed E-state index contributed by atoms with van der Waals surface area (Å²) in [5.41, 5.74) is 13.9. The molecule has 6 aromatic rings. The van der Waals surface area contributed by atoms with Crippen LogP contribution in [0.15, 0.2) is 199 Å². The molecular formula is C50H43N. The van der Waals surface area contributed by atoms with E-state index in [4.69, 9.17) is 0 Å². The van der Waals surface area contributed by atoms with Crippen LogP contribution in [-0.2, 0) is 0 Å². The van der Waals surface area contributed by atoms with E-state index in [-0.39, 0.29) is 0 Å². The highest BCUT2D eigenvalue weighted by Crippen LogP contribution is 2.42. The quantitative estimate of drug-likeness (QED) is 0.153. The number of allylic oxidation sites excluding steroid dienone is 12. The maximum Gasteiger partial charge on any atom is 0.0544 e. The molecule has 1 nitrogen and oxygen atoms in total. The first-order valence-corrected chi connectivity index (χ1v) is 18.6. The fourth-order valence-electron chi connectivity index (χ4n) is 8.63. The highest BCUT2D eigenvalue weighted by molar-refractivity contribution is 6.09. The molecule has 0 saturated carbocycles. The van der Waals surface area contributed by atoms with Gasteiger partial charge in [0.05, 0.1) is 11.0 Å². The van der Waals surface area contributed by atoms with Crippen molar-refractivity contribution in [3.63, 3.8) is 0 Å². The number of para-hydroxylation sites is 2. The molecule has 9 rings (SSSR count). The van der Waals surface area contributed by atoms with E-state index in [0.29, 0.717) is 17.8 Å². The Labute approximate surface area is 302 Å². The van der Waals surface area contributed by atoms with Gasteiger partial charge in [-0.15, -0.1) is 0 Å². The van der Waals surface area contributed by atoms with E-state index in [1.165, 1.54) is 55.3 Å². The van der Waals surface area contributed by atoms with Crippen molar-refractivity contribution in [1.82, 2.24) is 4.57 Å². The van der Waals surface area contributed by atoms with Crippen molar-refractivity contribution in [2.45, 2.75) is 43.9 Å². The molecule has 0 radical (unpaired) electrons. The van der Waals surface area contributed by atoms with Crippen LogP contribution in [0.4, 0.5) is 0 Å². The van der Waals surface area contributed by atoms with Gasteiger partial charge >= 0.3 is 0 Å². The highest BCUT2D eigenvalue weighted by Gasteiger charge is 2.25. The summed E-state index contributed by atoms with van der Waals surface area (Å²) in [4.78, 5) is 0. The molecule has 0 N–H and O–H groups in total. The normalized spacial score (nSPS) is 19.4. The first-order valence-electron chi connectivity index (χ1n) is 18.6. The van der Waals surface area contributed by atoms with Crippen molar-refractivity contribution in [3.05, 3.63) is 215 Å². The van der Waals surface area contributed by atoms with Crippen LogP contribution in [-0.4, -0.2) is 4.57 Å². The summed E-state index contributed by atoms with van der Waals surface area (Å²) in [7, 11) is 0. The van der Waals surface area contributed by atoms with Gasteiger partial charge in [0, 0.05) is 34.2 Å². The van der Waals surface area contributed by atoms with Gasteiger partial charge in [0.25, 0.3) is 0 Å². The van der Waals surface area contributed by atoms with Crippen LogP contribution < -0.4 is 0 Å². The van der Waals surface area contributed by atoms with Crippen molar-refractivity contribution in [1.29, 1.82) is 0 Å². The third-order valence-corrected chi connectivity index (χ3v) is 11.3. The lowest BCUT2D eigenvalue weighted by Crippen LogP contribution is -2.12. The Hall–Kier alpha value is -5.66. The zero-order valence-corrected chi connectivity index (χ0v) is 29.0. The maximum atomic E-state index is 2.56. The molecule has 1 aromatic heterocycles. The van der Waals surface area contributed by atoms with E-state index >= 15 is 0 Å². The standard InChI is InChI=1S/C50H43N/c1-4-15-37(16-5-1)38-26-28-40(29-27-38)48(39-17-6-2-7-18-39)33-36-14-12-19-41(32-36)42-20-13-21-43(34-42)44-30-31-47-46-24-10-11-25-49(46)51(50(47)35-44)45-22-8-3-9-23-45/h1-20,22-26,28,30-31,34-35,41,43,48H,21,27,29,32-33H2. The number of hydrogen-bond acceptors (Lipinski definition) is 0. The Morgan fingerprint density at radius 2 is 1.39 bits per heavy atom. The predicted molar refractivity (Wildman–Crippen MR) is 216 cm³/mol.